The van der Waals surface area contributed by atoms with E-state index in [0.29, 0.717) is 34.4 Å². The maximum atomic E-state index is 12.8. The van der Waals surface area contributed by atoms with Crippen LogP contribution in [0.15, 0.2) is 42.5 Å². The lowest BCUT2D eigenvalue weighted by Gasteiger charge is -2.32. The molecule has 0 aliphatic carbocycles. The van der Waals surface area contributed by atoms with Gasteiger partial charge in [-0.2, -0.15) is 0 Å². The average molecular weight is 421 g/mol. The summed E-state index contributed by atoms with van der Waals surface area (Å²) in [5, 5.41) is 4.12. The molecule has 28 heavy (non-hydrogen) atoms. The monoisotopic (exact) mass is 420 g/mol. The number of methoxy groups -OCH3 is 1. The Labute approximate surface area is 174 Å². The molecule has 1 aliphatic heterocycles. The number of benzene rings is 2. The Bertz CT molecular complexity index is 872. The minimum Gasteiger partial charge on any atom is -0.465 e. The van der Waals surface area contributed by atoms with E-state index in [0.717, 1.165) is 24.9 Å². The molecular formula is C21H22Cl2N2O3. The quantitative estimate of drug-likeness (QED) is 0.716. The highest BCUT2D eigenvalue weighted by Gasteiger charge is 2.27. The Morgan fingerprint density at radius 1 is 1.21 bits per heavy atom. The molecule has 0 radical (unpaired) electrons. The molecule has 5 nitrogen and oxygen atoms in total. The van der Waals surface area contributed by atoms with E-state index in [1.165, 1.54) is 7.11 Å². The average Bonchev–Trinajstić information content (AvgIpc) is 2.70. The van der Waals surface area contributed by atoms with Crippen molar-refractivity contribution in [1.29, 1.82) is 0 Å². The lowest BCUT2D eigenvalue weighted by Crippen LogP contribution is -2.40. The Balaban J connectivity index is 1.66. The molecule has 0 spiro atoms. The third-order valence-corrected chi connectivity index (χ3v) is 5.46. The molecule has 1 N–H and O–H groups in total. The predicted octanol–water partition coefficient (Wildman–Crippen LogP) is 4.63. The zero-order valence-electron chi connectivity index (χ0n) is 15.6. The van der Waals surface area contributed by atoms with Crippen molar-refractivity contribution in [2.45, 2.75) is 19.4 Å². The fraction of sp³-hybridized carbons (Fsp3) is 0.333. The number of likely N-dealkylation sites (tertiary alicyclic amines) is 1. The summed E-state index contributed by atoms with van der Waals surface area (Å²) in [5.41, 5.74) is 1.80. The number of ether oxygens (including phenoxy) is 1. The molecule has 3 rings (SSSR count). The first kappa shape index (κ1) is 20.6. The summed E-state index contributed by atoms with van der Waals surface area (Å²) < 4.78 is 4.79. The lowest BCUT2D eigenvalue weighted by molar-refractivity contribution is -0.121. The number of carbonyl (C=O) groups is 2. The van der Waals surface area contributed by atoms with Gasteiger partial charge in [-0.05, 0) is 49.2 Å². The SMILES string of the molecule is COC(=O)c1ccccc1NC(=O)C1CCCN(Cc2ccc(Cl)cc2Cl)C1. The van der Waals surface area contributed by atoms with Gasteiger partial charge in [0, 0.05) is 23.1 Å². The molecule has 1 atom stereocenters. The molecule has 1 saturated heterocycles. The highest BCUT2D eigenvalue weighted by molar-refractivity contribution is 6.35. The number of carbonyl (C=O) groups excluding carboxylic acids is 2. The number of nitrogens with zero attached hydrogens (tertiary/aromatic N) is 1. The first-order chi connectivity index (χ1) is 13.5. The van der Waals surface area contributed by atoms with Gasteiger partial charge in [0.15, 0.2) is 0 Å². The zero-order valence-corrected chi connectivity index (χ0v) is 17.1. The van der Waals surface area contributed by atoms with Crippen LogP contribution in [0.5, 0.6) is 0 Å². The number of piperidine rings is 1. The number of esters is 1. The summed E-state index contributed by atoms with van der Waals surface area (Å²) in [6.07, 6.45) is 1.72. The maximum Gasteiger partial charge on any atom is 0.339 e. The fourth-order valence-corrected chi connectivity index (χ4v) is 3.89. The van der Waals surface area contributed by atoms with Gasteiger partial charge in [0.1, 0.15) is 0 Å². The van der Waals surface area contributed by atoms with Crippen LogP contribution in [-0.2, 0) is 16.1 Å². The Morgan fingerprint density at radius 2 is 2.00 bits per heavy atom. The summed E-state index contributed by atoms with van der Waals surface area (Å²) in [5.74, 6) is -0.729. The van der Waals surface area contributed by atoms with Crippen molar-refractivity contribution in [3.05, 3.63) is 63.6 Å². The first-order valence-electron chi connectivity index (χ1n) is 9.12. The van der Waals surface area contributed by atoms with Crippen molar-refractivity contribution in [2.24, 2.45) is 5.92 Å². The highest BCUT2D eigenvalue weighted by Crippen LogP contribution is 2.26. The largest absolute Gasteiger partial charge is 0.465 e. The number of nitrogens with one attached hydrogen (secondary N) is 1. The zero-order chi connectivity index (χ0) is 20.1. The van der Waals surface area contributed by atoms with Gasteiger partial charge in [0.25, 0.3) is 0 Å². The van der Waals surface area contributed by atoms with Crippen molar-refractivity contribution in [3.63, 3.8) is 0 Å². The van der Waals surface area contributed by atoms with Gasteiger partial charge in [-0.25, -0.2) is 4.79 Å². The van der Waals surface area contributed by atoms with Crippen LogP contribution < -0.4 is 5.32 Å². The number of halogens is 2. The van der Waals surface area contributed by atoms with Crippen LogP contribution >= 0.6 is 23.2 Å². The van der Waals surface area contributed by atoms with E-state index < -0.39 is 5.97 Å². The second kappa shape index (κ2) is 9.41. The van der Waals surface area contributed by atoms with Gasteiger partial charge in [-0.1, -0.05) is 41.4 Å². The summed E-state index contributed by atoms with van der Waals surface area (Å²) in [6.45, 7) is 2.20. The van der Waals surface area contributed by atoms with E-state index in [4.69, 9.17) is 27.9 Å². The minimum absolute atomic E-state index is 0.0942. The van der Waals surface area contributed by atoms with Crippen LogP contribution in [0, 0.1) is 5.92 Å². The molecule has 7 heteroatoms. The lowest BCUT2D eigenvalue weighted by atomic mass is 9.96. The van der Waals surface area contributed by atoms with Crippen molar-refractivity contribution in [1.82, 2.24) is 4.90 Å². The number of amides is 1. The van der Waals surface area contributed by atoms with E-state index in [-0.39, 0.29) is 11.8 Å². The molecule has 1 heterocycles. The molecule has 0 aromatic heterocycles. The third kappa shape index (κ3) is 5.04. The summed E-state index contributed by atoms with van der Waals surface area (Å²) >= 11 is 12.2. The van der Waals surface area contributed by atoms with Gasteiger partial charge >= 0.3 is 5.97 Å². The van der Waals surface area contributed by atoms with Crippen molar-refractivity contribution in [3.8, 4) is 0 Å². The second-order valence-corrected chi connectivity index (χ2v) is 7.68. The summed E-state index contributed by atoms with van der Waals surface area (Å²) in [4.78, 5) is 26.9. The van der Waals surface area contributed by atoms with Crippen LogP contribution in [0.25, 0.3) is 0 Å². The van der Waals surface area contributed by atoms with Gasteiger partial charge < -0.3 is 10.1 Å². The molecular weight excluding hydrogens is 399 g/mol. The van der Waals surface area contributed by atoms with E-state index in [9.17, 15) is 9.59 Å². The van der Waals surface area contributed by atoms with Gasteiger partial charge in [-0.3, -0.25) is 9.69 Å². The van der Waals surface area contributed by atoms with E-state index in [2.05, 4.69) is 10.2 Å². The maximum absolute atomic E-state index is 12.8. The normalized spacial score (nSPS) is 17.2. The van der Waals surface area contributed by atoms with Gasteiger partial charge in [0.2, 0.25) is 5.91 Å². The standard InChI is InChI=1S/C21H22Cl2N2O3/c1-28-21(27)17-6-2-3-7-19(17)24-20(26)15-5-4-10-25(13-15)12-14-8-9-16(22)11-18(14)23/h2-3,6-9,11,15H,4-5,10,12-13H2,1H3,(H,24,26). The predicted molar refractivity (Wildman–Crippen MR) is 111 cm³/mol. The van der Waals surface area contributed by atoms with Crippen LogP contribution in [-0.4, -0.2) is 37.0 Å². The molecule has 148 valence electrons. The number of anilines is 1. The molecule has 1 amide bonds. The number of para-hydroxylation sites is 1. The Hall–Kier alpha value is -2.08. The Kier molecular flexibility index (Phi) is 6.94. The van der Waals surface area contributed by atoms with Crippen LogP contribution in [0.3, 0.4) is 0 Å². The topological polar surface area (TPSA) is 58.6 Å². The highest BCUT2D eigenvalue weighted by atomic mass is 35.5. The van der Waals surface area contributed by atoms with Crippen LogP contribution in [0.2, 0.25) is 10.0 Å². The van der Waals surface area contributed by atoms with Gasteiger partial charge in [-0.15, -0.1) is 0 Å². The van der Waals surface area contributed by atoms with E-state index >= 15 is 0 Å². The van der Waals surface area contributed by atoms with Crippen LogP contribution in [0.4, 0.5) is 5.69 Å². The van der Waals surface area contributed by atoms with Crippen molar-refractivity contribution >= 4 is 40.8 Å². The second-order valence-electron chi connectivity index (χ2n) is 6.84. The number of rotatable bonds is 5. The minimum atomic E-state index is -0.474. The number of hydrogen-bond donors (Lipinski definition) is 1. The molecule has 1 unspecified atom stereocenters. The van der Waals surface area contributed by atoms with Crippen molar-refractivity contribution < 1.29 is 14.3 Å². The van der Waals surface area contributed by atoms with E-state index in [1.54, 1.807) is 30.3 Å². The fourth-order valence-electron chi connectivity index (χ4n) is 3.42. The smallest absolute Gasteiger partial charge is 0.339 e. The van der Waals surface area contributed by atoms with E-state index in [1.807, 2.05) is 12.1 Å². The first-order valence-corrected chi connectivity index (χ1v) is 9.88. The number of hydrogen-bond acceptors (Lipinski definition) is 4. The molecule has 0 saturated carbocycles. The summed E-state index contributed by atoms with van der Waals surface area (Å²) in [7, 11) is 1.32. The Morgan fingerprint density at radius 3 is 2.75 bits per heavy atom. The molecule has 0 bridgehead atoms. The van der Waals surface area contributed by atoms with Gasteiger partial charge in [0.05, 0.1) is 24.3 Å². The van der Waals surface area contributed by atoms with Crippen LogP contribution in [0.1, 0.15) is 28.8 Å². The molecule has 2 aromatic rings. The summed E-state index contributed by atoms with van der Waals surface area (Å²) in [6, 6.07) is 12.3. The third-order valence-electron chi connectivity index (χ3n) is 4.88. The molecule has 1 fully saturated rings. The molecule has 2 aromatic carbocycles. The molecule has 1 aliphatic rings. The van der Waals surface area contributed by atoms with Crippen molar-refractivity contribution in [2.75, 3.05) is 25.5 Å².